The number of hydrogen-bond donors (Lipinski definition) is 6. The highest BCUT2D eigenvalue weighted by molar-refractivity contribution is 7.99. The second kappa shape index (κ2) is 15.2. The number of rotatable bonds is 5. The first-order chi connectivity index (χ1) is 22.2. The third-order valence-corrected chi connectivity index (χ3v) is 8.11. The predicted molar refractivity (Wildman–Crippen MR) is 179 cm³/mol. The predicted octanol–water partition coefficient (Wildman–Crippen LogP) is 3.01. The van der Waals surface area contributed by atoms with Crippen molar-refractivity contribution in [3.63, 3.8) is 0 Å². The van der Waals surface area contributed by atoms with Gasteiger partial charge in [0.25, 0.3) is 5.91 Å². The first-order valence-electron chi connectivity index (χ1n) is 15.2. The zero-order valence-electron chi connectivity index (χ0n) is 27.1. The number of phenolic OH excluding ortho intramolecular Hbond substituents is 1. The van der Waals surface area contributed by atoms with E-state index in [0.717, 1.165) is 16.7 Å². The van der Waals surface area contributed by atoms with E-state index in [1.54, 1.807) is 45.0 Å². The molecule has 0 saturated heterocycles. The van der Waals surface area contributed by atoms with Gasteiger partial charge in [-0.1, -0.05) is 18.2 Å². The van der Waals surface area contributed by atoms with Crippen LogP contribution in [0, 0.1) is 13.8 Å². The third kappa shape index (κ3) is 10.1. The number of nitrogens with two attached hydrogens (primary N) is 1. The number of thioether (sulfide) groups is 1. The van der Waals surface area contributed by atoms with Crippen LogP contribution in [-0.4, -0.2) is 75.4 Å². The van der Waals surface area contributed by atoms with Crippen molar-refractivity contribution < 1.29 is 29.0 Å². The number of fused-ring (bicyclic) bond motifs is 5. The Bertz CT molecular complexity index is 1640. The molecule has 3 aromatic rings. The second-order valence-electron chi connectivity index (χ2n) is 12.2. The van der Waals surface area contributed by atoms with E-state index in [1.165, 1.54) is 23.9 Å². The molecule has 0 radical (unpaired) electrons. The molecule has 0 saturated carbocycles. The van der Waals surface area contributed by atoms with E-state index in [-0.39, 0.29) is 43.5 Å². The first-order valence-corrected chi connectivity index (χ1v) is 16.2. The molecular weight excluding hydrogens is 622 g/mol. The molecule has 1 unspecified atom stereocenters. The fraction of sp³-hybridized carbons (Fsp3) is 0.394. The summed E-state index contributed by atoms with van der Waals surface area (Å²) >= 11 is 1.38. The molecule has 7 N–H and O–H groups in total. The van der Waals surface area contributed by atoms with Gasteiger partial charge in [0.2, 0.25) is 17.8 Å². The van der Waals surface area contributed by atoms with E-state index in [0.29, 0.717) is 27.6 Å². The number of phenols is 1. The van der Waals surface area contributed by atoms with E-state index in [1.807, 2.05) is 19.9 Å². The summed E-state index contributed by atoms with van der Waals surface area (Å²) < 4.78 is 5.37. The zero-order valence-corrected chi connectivity index (χ0v) is 27.9. The highest BCUT2D eigenvalue weighted by Gasteiger charge is 2.29. The van der Waals surface area contributed by atoms with Crippen molar-refractivity contribution >= 4 is 41.5 Å². The van der Waals surface area contributed by atoms with Crippen molar-refractivity contribution in [3.8, 4) is 17.0 Å². The molecule has 47 heavy (non-hydrogen) atoms. The summed E-state index contributed by atoms with van der Waals surface area (Å²) in [5.41, 5.74) is 9.33. The Labute approximate surface area is 277 Å². The second-order valence-corrected chi connectivity index (χ2v) is 13.4. The van der Waals surface area contributed by atoms with E-state index in [4.69, 9.17) is 10.5 Å². The average Bonchev–Trinajstić information content (AvgIpc) is 2.97. The summed E-state index contributed by atoms with van der Waals surface area (Å²) in [6.45, 7) is 9.20. The van der Waals surface area contributed by atoms with Crippen LogP contribution >= 0.6 is 11.8 Å². The quantitative estimate of drug-likeness (QED) is 0.221. The molecule has 1 aromatic heterocycles. The monoisotopic (exact) mass is 663 g/mol. The SMILES string of the molecule is Cc1cc(C)c2cc1C(=O)NCCC(NC(=O)[C@@H](Cc1ccc(O)cc1)NC(=O)OC(C)(C)C)C(=O)NCCSc1cc-2nc(N)n1. The molecule has 14 heteroatoms. The van der Waals surface area contributed by atoms with Gasteiger partial charge in [-0.15, -0.1) is 11.8 Å². The van der Waals surface area contributed by atoms with Gasteiger partial charge in [0.15, 0.2) is 0 Å². The number of ether oxygens (including phenoxy) is 1. The fourth-order valence-electron chi connectivity index (χ4n) is 4.97. The van der Waals surface area contributed by atoms with Crippen molar-refractivity contribution in [2.24, 2.45) is 0 Å². The number of nitrogen functional groups attached to an aromatic ring is 1. The van der Waals surface area contributed by atoms with Crippen LogP contribution in [0.15, 0.2) is 47.5 Å². The van der Waals surface area contributed by atoms with Crippen LogP contribution in [0.25, 0.3) is 11.3 Å². The van der Waals surface area contributed by atoms with Gasteiger partial charge in [0, 0.05) is 36.4 Å². The molecule has 4 amide bonds. The number of anilines is 1. The number of carbonyl (C=O) groups excluding carboxylic acids is 4. The number of aryl methyl sites for hydroxylation is 2. The van der Waals surface area contributed by atoms with Gasteiger partial charge in [-0.25, -0.2) is 14.8 Å². The van der Waals surface area contributed by atoms with E-state index >= 15 is 0 Å². The Balaban J connectivity index is 1.57. The van der Waals surface area contributed by atoms with Gasteiger partial charge in [0.1, 0.15) is 28.5 Å². The van der Waals surface area contributed by atoms with Gasteiger partial charge >= 0.3 is 6.09 Å². The molecule has 4 bridgehead atoms. The normalized spacial score (nSPS) is 16.3. The number of carbonyl (C=O) groups is 4. The largest absolute Gasteiger partial charge is 0.508 e. The molecule has 2 heterocycles. The number of amides is 4. The summed E-state index contributed by atoms with van der Waals surface area (Å²) in [4.78, 5) is 61.8. The Hall–Kier alpha value is -4.85. The Morgan fingerprint density at radius 1 is 1.04 bits per heavy atom. The number of nitrogens with zero attached hydrogens (tertiary/aromatic N) is 2. The van der Waals surface area contributed by atoms with Crippen LogP contribution in [0.5, 0.6) is 5.75 Å². The number of aromatic nitrogens is 2. The highest BCUT2D eigenvalue weighted by atomic mass is 32.2. The smallest absolute Gasteiger partial charge is 0.408 e. The van der Waals surface area contributed by atoms with Crippen LogP contribution in [0.3, 0.4) is 0 Å². The molecule has 2 aromatic carbocycles. The molecule has 0 aliphatic carbocycles. The van der Waals surface area contributed by atoms with E-state index in [9.17, 15) is 24.3 Å². The van der Waals surface area contributed by atoms with Crippen molar-refractivity contribution in [1.29, 1.82) is 0 Å². The molecule has 4 rings (SSSR count). The lowest BCUT2D eigenvalue weighted by atomic mass is 9.97. The van der Waals surface area contributed by atoms with Crippen LogP contribution in [0.2, 0.25) is 0 Å². The molecule has 250 valence electrons. The number of benzene rings is 2. The first kappa shape index (κ1) is 35.0. The Morgan fingerprint density at radius 2 is 1.74 bits per heavy atom. The average molecular weight is 664 g/mol. The van der Waals surface area contributed by atoms with Crippen LogP contribution < -0.4 is 27.0 Å². The minimum Gasteiger partial charge on any atom is -0.508 e. The maximum absolute atomic E-state index is 13.6. The van der Waals surface area contributed by atoms with Crippen LogP contribution in [0.4, 0.5) is 10.7 Å². The molecule has 1 aliphatic heterocycles. The van der Waals surface area contributed by atoms with Crippen LogP contribution in [-0.2, 0) is 20.7 Å². The van der Waals surface area contributed by atoms with Crippen molar-refractivity contribution in [2.45, 2.75) is 70.2 Å². The summed E-state index contributed by atoms with van der Waals surface area (Å²) in [7, 11) is 0. The standard InChI is InChI=1S/C33H41N7O6S/c1-18-14-19(2)23-16-22(18)25-17-27(40-31(34)38-25)47-13-12-36-29(43)24(10-11-35-28(23)42)37-30(44)26(39-32(45)46-33(3,4)5)15-20-6-8-21(41)9-7-20/h6-9,14,16-17,24,26,41H,10-13,15H2,1-5H3,(H,35,42)(H,36,43)(H,37,44)(H,39,45)(H2,34,38,40)/t24?,26-/m1/s1. The number of hydrogen-bond acceptors (Lipinski definition) is 10. The maximum atomic E-state index is 13.6. The van der Waals surface area contributed by atoms with E-state index in [2.05, 4.69) is 31.2 Å². The van der Waals surface area contributed by atoms with Crippen molar-refractivity contribution in [1.82, 2.24) is 31.2 Å². The van der Waals surface area contributed by atoms with Gasteiger partial charge in [0.05, 0.1) is 5.69 Å². The van der Waals surface area contributed by atoms with E-state index < -0.39 is 35.6 Å². The molecular formula is C33H41N7O6S. The molecule has 2 atom stereocenters. The molecule has 1 aliphatic rings. The number of nitrogens with one attached hydrogen (secondary N) is 4. The maximum Gasteiger partial charge on any atom is 0.408 e. The third-order valence-electron chi connectivity index (χ3n) is 7.20. The minimum absolute atomic E-state index is 0.0541. The topological polar surface area (TPSA) is 198 Å². The summed E-state index contributed by atoms with van der Waals surface area (Å²) in [6, 6.07) is 9.52. The summed E-state index contributed by atoms with van der Waals surface area (Å²) in [6.07, 6.45) is -0.665. The molecule has 0 spiro atoms. The fourth-order valence-corrected chi connectivity index (χ4v) is 5.74. The summed E-state index contributed by atoms with van der Waals surface area (Å²) in [5, 5.41) is 21.4. The highest BCUT2D eigenvalue weighted by Crippen LogP contribution is 2.29. The lowest BCUT2D eigenvalue weighted by Gasteiger charge is -2.25. The van der Waals surface area contributed by atoms with Crippen molar-refractivity contribution in [2.75, 3.05) is 24.6 Å². The lowest BCUT2D eigenvalue weighted by Crippen LogP contribution is -2.55. The van der Waals surface area contributed by atoms with Gasteiger partial charge in [-0.05, 0) is 82.0 Å². The van der Waals surface area contributed by atoms with Gasteiger partial charge in [-0.3, -0.25) is 14.4 Å². The van der Waals surface area contributed by atoms with Crippen LogP contribution in [0.1, 0.15) is 54.2 Å². The van der Waals surface area contributed by atoms with Crippen molar-refractivity contribution in [3.05, 3.63) is 64.7 Å². The number of aromatic hydroxyl groups is 1. The van der Waals surface area contributed by atoms with Gasteiger partial charge < -0.3 is 36.8 Å². The Morgan fingerprint density at radius 3 is 2.45 bits per heavy atom. The zero-order chi connectivity index (χ0) is 34.3. The molecule has 0 fully saturated rings. The summed E-state index contributed by atoms with van der Waals surface area (Å²) in [5.74, 6) is -0.834. The minimum atomic E-state index is -1.11. The molecule has 13 nitrogen and oxygen atoms in total. The number of alkyl carbamates (subject to hydrolysis) is 1. The Kier molecular flexibility index (Phi) is 11.3. The van der Waals surface area contributed by atoms with Gasteiger partial charge in [-0.2, -0.15) is 0 Å². The lowest BCUT2D eigenvalue weighted by molar-refractivity contribution is -0.130.